The minimum atomic E-state index is -3.26. The average Bonchev–Trinajstić information content (AvgIpc) is 3.16. The van der Waals surface area contributed by atoms with Crippen LogP contribution in [0.15, 0.2) is 24.3 Å². The minimum Gasteiger partial charge on any atom is -0.341 e. The lowest BCUT2D eigenvalue weighted by atomic mass is 9.84. The number of carbonyl (C=O) groups excluding carboxylic acids is 2. The third-order valence-corrected chi connectivity index (χ3v) is 9.07. The molecule has 32 heavy (non-hydrogen) atoms. The van der Waals surface area contributed by atoms with Crippen molar-refractivity contribution in [2.45, 2.75) is 63.1 Å². The first-order chi connectivity index (χ1) is 15.2. The maximum absolute atomic E-state index is 13.6. The molecule has 9 heteroatoms. The number of halogens is 1. The molecule has 3 aliphatic rings. The van der Waals surface area contributed by atoms with E-state index in [1.54, 1.807) is 31.3 Å². The summed E-state index contributed by atoms with van der Waals surface area (Å²) in [7, 11) is -1.66. The van der Waals surface area contributed by atoms with Gasteiger partial charge >= 0.3 is 0 Å². The minimum absolute atomic E-state index is 0.00441. The van der Waals surface area contributed by atoms with E-state index >= 15 is 0 Å². The van der Waals surface area contributed by atoms with Gasteiger partial charge in [-0.05, 0) is 56.2 Å². The van der Waals surface area contributed by atoms with Crippen LogP contribution in [0.25, 0.3) is 0 Å². The van der Waals surface area contributed by atoms with E-state index in [1.807, 2.05) is 9.80 Å². The lowest BCUT2D eigenvalue weighted by molar-refractivity contribution is -0.137. The second-order valence-electron chi connectivity index (χ2n) is 9.42. The van der Waals surface area contributed by atoms with Gasteiger partial charge in [-0.15, -0.1) is 0 Å². The molecule has 3 unspecified atom stereocenters. The molecule has 0 bridgehead atoms. The number of amides is 2. The Morgan fingerprint density at radius 1 is 1.09 bits per heavy atom. The van der Waals surface area contributed by atoms with Gasteiger partial charge in [0, 0.05) is 42.8 Å². The van der Waals surface area contributed by atoms with Crippen molar-refractivity contribution < 1.29 is 18.0 Å². The molecule has 1 saturated carbocycles. The van der Waals surface area contributed by atoms with Gasteiger partial charge in [0.25, 0.3) is 5.91 Å². The van der Waals surface area contributed by atoms with Crippen LogP contribution in [0.2, 0.25) is 5.02 Å². The van der Waals surface area contributed by atoms with Crippen LogP contribution in [-0.4, -0.2) is 78.9 Å². The maximum Gasteiger partial charge on any atom is 0.254 e. The first kappa shape index (κ1) is 23.5. The third-order valence-electron chi connectivity index (χ3n) is 7.49. The first-order valence-electron chi connectivity index (χ1n) is 11.5. The van der Waals surface area contributed by atoms with Gasteiger partial charge < -0.3 is 9.80 Å². The molecule has 3 atom stereocenters. The van der Waals surface area contributed by atoms with Crippen molar-refractivity contribution in [1.29, 1.82) is 0 Å². The summed E-state index contributed by atoms with van der Waals surface area (Å²) in [6.45, 7) is 1.02. The Balaban J connectivity index is 1.52. The van der Waals surface area contributed by atoms with E-state index in [0.29, 0.717) is 48.9 Å². The number of rotatable bonds is 4. The van der Waals surface area contributed by atoms with E-state index in [4.69, 9.17) is 11.6 Å². The van der Waals surface area contributed by atoms with Crippen molar-refractivity contribution in [1.82, 2.24) is 14.1 Å². The molecular weight excluding hydrogens is 450 g/mol. The summed E-state index contributed by atoms with van der Waals surface area (Å²) in [5.74, 6) is 0.233. The van der Waals surface area contributed by atoms with Crippen LogP contribution in [0, 0.1) is 5.92 Å². The summed E-state index contributed by atoms with van der Waals surface area (Å²) in [6, 6.07) is 6.49. The van der Waals surface area contributed by atoms with Gasteiger partial charge in [-0.2, -0.15) is 0 Å². The van der Waals surface area contributed by atoms with Crippen molar-refractivity contribution in [2.24, 2.45) is 5.92 Å². The van der Waals surface area contributed by atoms with Gasteiger partial charge in [0.15, 0.2) is 0 Å². The lowest BCUT2D eigenvalue weighted by Crippen LogP contribution is -2.54. The molecule has 0 radical (unpaired) electrons. The number of fused-ring (bicyclic) bond motifs is 1. The molecule has 176 valence electrons. The van der Waals surface area contributed by atoms with Crippen molar-refractivity contribution in [3.05, 3.63) is 34.9 Å². The van der Waals surface area contributed by atoms with Crippen LogP contribution in [0.3, 0.4) is 0 Å². The molecule has 7 nitrogen and oxygen atoms in total. The van der Waals surface area contributed by atoms with Crippen LogP contribution in [0.5, 0.6) is 0 Å². The highest BCUT2D eigenvalue weighted by molar-refractivity contribution is 7.88. The average molecular weight is 482 g/mol. The topological polar surface area (TPSA) is 78.0 Å². The number of piperidine rings is 1. The Morgan fingerprint density at radius 3 is 2.44 bits per heavy atom. The highest BCUT2D eigenvalue weighted by Gasteiger charge is 2.49. The fourth-order valence-electron chi connectivity index (χ4n) is 5.67. The predicted octanol–water partition coefficient (Wildman–Crippen LogP) is 3.00. The fraction of sp³-hybridized carbons (Fsp3) is 0.652. The molecule has 3 fully saturated rings. The van der Waals surface area contributed by atoms with E-state index in [2.05, 4.69) is 0 Å². The highest BCUT2D eigenvalue weighted by atomic mass is 35.5. The zero-order chi connectivity index (χ0) is 23.0. The molecule has 2 heterocycles. The highest BCUT2D eigenvalue weighted by Crippen LogP contribution is 2.41. The molecule has 2 saturated heterocycles. The van der Waals surface area contributed by atoms with Crippen LogP contribution in [-0.2, 0) is 14.8 Å². The molecule has 0 spiro atoms. The lowest BCUT2D eigenvalue weighted by Gasteiger charge is -2.39. The number of benzene rings is 1. The fourth-order valence-corrected chi connectivity index (χ4v) is 6.62. The number of hydrogen-bond donors (Lipinski definition) is 0. The van der Waals surface area contributed by atoms with Crippen LogP contribution >= 0.6 is 11.6 Å². The smallest absolute Gasteiger partial charge is 0.254 e. The Kier molecular flexibility index (Phi) is 6.84. The van der Waals surface area contributed by atoms with Crippen molar-refractivity contribution in [2.75, 3.05) is 26.4 Å². The molecular formula is C23H32ClN3O4S. The van der Waals surface area contributed by atoms with E-state index < -0.39 is 16.1 Å². The second kappa shape index (κ2) is 9.31. The second-order valence-corrected chi connectivity index (χ2v) is 11.9. The van der Waals surface area contributed by atoms with Gasteiger partial charge in [0.1, 0.15) is 6.04 Å². The molecule has 1 aromatic rings. The van der Waals surface area contributed by atoms with Gasteiger partial charge in [-0.25, -0.2) is 12.7 Å². The predicted molar refractivity (Wildman–Crippen MR) is 124 cm³/mol. The van der Waals surface area contributed by atoms with Crippen molar-refractivity contribution in [3.63, 3.8) is 0 Å². The van der Waals surface area contributed by atoms with Crippen molar-refractivity contribution >= 4 is 33.4 Å². The van der Waals surface area contributed by atoms with Gasteiger partial charge in [0.05, 0.1) is 6.26 Å². The monoisotopic (exact) mass is 481 g/mol. The molecule has 2 amide bonds. The zero-order valence-electron chi connectivity index (χ0n) is 18.7. The Hall–Kier alpha value is -1.64. The summed E-state index contributed by atoms with van der Waals surface area (Å²) < 4.78 is 25.1. The Bertz CT molecular complexity index is 977. The summed E-state index contributed by atoms with van der Waals surface area (Å²) in [5.41, 5.74) is 0.523. The van der Waals surface area contributed by atoms with E-state index in [-0.39, 0.29) is 23.9 Å². The van der Waals surface area contributed by atoms with E-state index in [1.165, 1.54) is 10.6 Å². The molecule has 4 rings (SSSR count). The van der Waals surface area contributed by atoms with Gasteiger partial charge in [-0.1, -0.05) is 30.5 Å². The Morgan fingerprint density at radius 2 is 1.78 bits per heavy atom. The normalized spacial score (nSPS) is 26.9. The number of sulfonamides is 1. The van der Waals surface area contributed by atoms with Crippen LogP contribution in [0.1, 0.15) is 55.3 Å². The number of carbonyl (C=O) groups is 2. The van der Waals surface area contributed by atoms with E-state index in [9.17, 15) is 18.0 Å². The Labute approximate surface area is 195 Å². The van der Waals surface area contributed by atoms with Crippen LogP contribution < -0.4 is 0 Å². The van der Waals surface area contributed by atoms with Crippen LogP contribution in [0.4, 0.5) is 0 Å². The first-order valence-corrected chi connectivity index (χ1v) is 13.7. The number of nitrogens with zero attached hydrogens (tertiary/aromatic N) is 3. The van der Waals surface area contributed by atoms with E-state index in [0.717, 1.165) is 25.7 Å². The summed E-state index contributed by atoms with van der Waals surface area (Å²) >= 11 is 6.13. The number of hydrogen-bond acceptors (Lipinski definition) is 4. The molecule has 0 N–H and O–H groups in total. The summed E-state index contributed by atoms with van der Waals surface area (Å²) in [4.78, 5) is 30.8. The third kappa shape index (κ3) is 4.68. The molecule has 1 aromatic carbocycles. The molecule has 2 aliphatic heterocycles. The summed E-state index contributed by atoms with van der Waals surface area (Å²) in [5, 5.41) is 0.509. The maximum atomic E-state index is 13.6. The quantitative estimate of drug-likeness (QED) is 0.662. The largest absolute Gasteiger partial charge is 0.341 e. The number of likely N-dealkylation sites (tertiary alicyclic amines) is 2. The summed E-state index contributed by atoms with van der Waals surface area (Å²) in [6.07, 6.45) is 7.34. The van der Waals surface area contributed by atoms with Crippen molar-refractivity contribution in [3.8, 4) is 0 Å². The zero-order valence-corrected chi connectivity index (χ0v) is 20.3. The molecule has 0 aromatic heterocycles. The van der Waals surface area contributed by atoms with Gasteiger partial charge in [-0.3, -0.25) is 9.59 Å². The SMILES string of the molecule is CN(C1CCN(C(=O)C2CC3CCCCC3N2C(=O)c2cccc(Cl)c2)CC1)S(C)(=O)=O. The molecule has 1 aliphatic carbocycles. The standard InChI is InChI=1S/C23H32ClN3O4S/c1-25(32(2,30)31)19-10-12-26(13-11-19)23(29)21-15-16-6-3-4-9-20(16)27(21)22(28)17-7-5-8-18(24)14-17/h5,7-8,14,16,19-21H,3-4,6,9-13,15H2,1-2H3. The van der Waals surface area contributed by atoms with Gasteiger partial charge in [0.2, 0.25) is 15.9 Å².